The molecule has 0 radical (unpaired) electrons. The Bertz CT molecular complexity index is 801. The summed E-state index contributed by atoms with van der Waals surface area (Å²) in [6.07, 6.45) is 0. The highest BCUT2D eigenvalue weighted by molar-refractivity contribution is 5.55. The largest absolute Gasteiger partial charge is 0.444 e. The van der Waals surface area contributed by atoms with Crippen molar-refractivity contribution < 1.29 is 32.1 Å². The Morgan fingerprint density at radius 1 is 0.870 bits per heavy atom. The molecule has 0 atom stereocenters. The Kier molecular flexibility index (Phi) is 4.12. The minimum Gasteiger partial charge on any atom is -0.444 e. The molecule has 0 spiro atoms. The Hall–Kier alpha value is -3.24. The number of ether oxygens (including phenoxy) is 1. The van der Waals surface area contributed by atoms with Crippen LogP contribution in [0.5, 0.6) is 11.5 Å². The van der Waals surface area contributed by atoms with Gasteiger partial charge in [-0.15, -0.1) is 0 Å². The van der Waals surface area contributed by atoms with E-state index in [0.29, 0.717) is 12.1 Å². The van der Waals surface area contributed by atoms with E-state index in [4.69, 9.17) is 0 Å². The van der Waals surface area contributed by atoms with Crippen molar-refractivity contribution in [2.45, 2.75) is 0 Å². The molecule has 7 nitrogen and oxygen atoms in total. The van der Waals surface area contributed by atoms with Crippen LogP contribution in [0, 0.1) is 43.5 Å². The molecule has 0 aromatic heterocycles. The van der Waals surface area contributed by atoms with E-state index in [2.05, 4.69) is 4.74 Å². The zero-order valence-corrected chi connectivity index (χ0v) is 10.8. The van der Waals surface area contributed by atoms with Crippen LogP contribution in [0.4, 0.5) is 28.9 Å². The average molecular weight is 332 g/mol. The van der Waals surface area contributed by atoms with E-state index in [1.54, 1.807) is 0 Å². The Labute approximate surface area is 124 Å². The molecule has 0 N–H and O–H groups in total. The quantitative estimate of drug-likeness (QED) is 0.367. The molecular formula is C12H4F4N2O5. The minimum absolute atomic E-state index is 0.0677. The molecule has 2 aromatic carbocycles. The van der Waals surface area contributed by atoms with Crippen LogP contribution >= 0.6 is 0 Å². The molecule has 0 unspecified atom stereocenters. The minimum atomic E-state index is -1.91. The van der Waals surface area contributed by atoms with Crippen LogP contribution in [-0.4, -0.2) is 9.85 Å². The fraction of sp³-hybridized carbons (Fsp3) is 0. The summed E-state index contributed by atoms with van der Waals surface area (Å²) in [4.78, 5) is 19.4. The van der Waals surface area contributed by atoms with Crippen LogP contribution < -0.4 is 4.74 Å². The van der Waals surface area contributed by atoms with Crippen LogP contribution in [-0.2, 0) is 0 Å². The molecule has 0 fully saturated rings. The number of hydrogen-bond acceptors (Lipinski definition) is 5. The van der Waals surface area contributed by atoms with Gasteiger partial charge in [0.1, 0.15) is 0 Å². The van der Waals surface area contributed by atoms with E-state index < -0.39 is 56.0 Å². The first-order chi connectivity index (χ1) is 10.7. The summed E-state index contributed by atoms with van der Waals surface area (Å²) >= 11 is 0. The number of non-ortho nitro benzene ring substituents is 1. The lowest BCUT2D eigenvalue weighted by atomic mass is 10.2. The van der Waals surface area contributed by atoms with Gasteiger partial charge in [0.2, 0.25) is 23.1 Å². The van der Waals surface area contributed by atoms with Gasteiger partial charge in [0.05, 0.1) is 15.9 Å². The van der Waals surface area contributed by atoms with Crippen LogP contribution in [0.2, 0.25) is 0 Å². The van der Waals surface area contributed by atoms with Crippen molar-refractivity contribution in [3.63, 3.8) is 0 Å². The normalized spacial score (nSPS) is 10.4. The van der Waals surface area contributed by atoms with Crippen molar-refractivity contribution in [2.24, 2.45) is 0 Å². The molecule has 2 aromatic rings. The smallest absolute Gasteiger partial charge is 0.318 e. The monoisotopic (exact) mass is 332 g/mol. The van der Waals surface area contributed by atoms with Crippen LogP contribution in [0.3, 0.4) is 0 Å². The summed E-state index contributed by atoms with van der Waals surface area (Å²) in [7, 11) is 0. The molecule has 0 saturated carbocycles. The second-order valence-corrected chi connectivity index (χ2v) is 4.07. The third-order valence-corrected chi connectivity index (χ3v) is 2.63. The third kappa shape index (κ3) is 3.02. The Morgan fingerprint density at radius 3 is 1.91 bits per heavy atom. The van der Waals surface area contributed by atoms with Crippen LogP contribution in [0.15, 0.2) is 24.3 Å². The maximum absolute atomic E-state index is 13.5. The molecule has 120 valence electrons. The zero-order valence-electron chi connectivity index (χ0n) is 10.8. The van der Waals surface area contributed by atoms with Crippen molar-refractivity contribution in [1.82, 2.24) is 0 Å². The highest BCUT2D eigenvalue weighted by Crippen LogP contribution is 2.37. The number of benzene rings is 2. The molecule has 0 saturated heterocycles. The van der Waals surface area contributed by atoms with E-state index in [-0.39, 0.29) is 6.07 Å². The molecule has 0 heterocycles. The van der Waals surface area contributed by atoms with E-state index in [1.807, 2.05) is 0 Å². The first-order valence-corrected chi connectivity index (χ1v) is 5.66. The fourth-order valence-corrected chi connectivity index (χ4v) is 1.60. The number of rotatable bonds is 4. The third-order valence-electron chi connectivity index (χ3n) is 2.63. The number of hydrogen-bond donors (Lipinski definition) is 0. The zero-order chi connectivity index (χ0) is 17.3. The molecule has 0 aliphatic rings. The highest BCUT2D eigenvalue weighted by atomic mass is 19.2. The maximum Gasteiger partial charge on any atom is 0.318 e. The maximum atomic E-state index is 13.5. The second kappa shape index (κ2) is 5.87. The van der Waals surface area contributed by atoms with Gasteiger partial charge >= 0.3 is 5.69 Å². The molecule has 11 heteroatoms. The summed E-state index contributed by atoms with van der Waals surface area (Å²) in [5.41, 5.74) is -1.70. The highest BCUT2D eigenvalue weighted by Gasteiger charge is 2.26. The molecule has 23 heavy (non-hydrogen) atoms. The Balaban J connectivity index is 2.57. The SMILES string of the molecule is O=[N+]([O-])c1ccc(Oc2c(F)c(F)cc(F)c2F)c([N+](=O)[O-])c1. The average Bonchev–Trinajstić information content (AvgIpc) is 2.49. The lowest BCUT2D eigenvalue weighted by Crippen LogP contribution is -2.01. The summed E-state index contributed by atoms with van der Waals surface area (Å²) in [5, 5.41) is 21.4. The predicted molar refractivity (Wildman–Crippen MR) is 66.1 cm³/mol. The molecular weight excluding hydrogens is 328 g/mol. The molecule has 0 aliphatic carbocycles. The summed E-state index contributed by atoms with van der Waals surface area (Å²) in [6.45, 7) is 0. The van der Waals surface area contributed by atoms with Gasteiger partial charge in [-0.3, -0.25) is 20.2 Å². The van der Waals surface area contributed by atoms with Gasteiger partial charge in [0.15, 0.2) is 11.6 Å². The Morgan fingerprint density at radius 2 is 1.43 bits per heavy atom. The van der Waals surface area contributed by atoms with Gasteiger partial charge in [0.25, 0.3) is 5.69 Å². The number of nitro groups is 2. The van der Waals surface area contributed by atoms with Crippen LogP contribution in [0.1, 0.15) is 0 Å². The van der Waals surface area contributed by atoms with E-state index >= 15 is 0 Å². The van der Waals surface area contributed by atoms with E-state index in [1.165, 1.54) is 0 Å². The van der Waals surface area contributed by atoms with Crippen molar-refractivity contribution in [3.05, 3.63) is 67.8 Å². The van der Waals surface area contributed by atoms with Gasteiger partial charge in [-0.25, -0.2) is 8.78 Å². The molecule has 2 rings (SSSR count). The van der Waals surface area contributed by atoms with Gasteiger partial charge in [-0.05, 0) is 6.07 Å². The lowest BCUT2D eigenvalue weighted by molar-refractivity contribution is -0.394. The lowest BCUT2D eigenvalue weighted by Gasteiger charge is -2.09. The molecule has 0 amide bonds. The van der Waals surface area contributed by atoms with E-state index in [9.17, 15) is 37.8 Å². The van der Waals surface area contributed by atoms with E-state index in [0.717, 1.165) is 6.07 Å². The van der Waals surface area contributed by atoms with Gasteiger partial charge in [-0.2, -0.15) is 8.78 Å². The van der Waals surface area contributed by atoms with Gasteiger partial charge in [-0.1, -0.05) is 0 Å². The summed E-state index contributed by atoms with van der Waals surface area (Å²) in [6, 6.07) is 1.84. The second-order valence-electron chi connectivity index (χ2n) is 4.07. The number of nitrogens with zero attached hydrogens (tertiary/aromatic N) is 2. The molecule has 0 bridgehead atoms. The van der Waals surface area contributed by atoms with Crippen molar-refractivity contribution in [1.29, 1.82) is 0 Å². The summed E-state index contributed by atoms with van der Waals surface area (Å²) in [5.74, 6) is -9.73. The number of halogens is 4. The van der Waals surface area contributed by atoms with Crippen molar-refractivity contribution in [3.8, 4) is 11.5 Å². The fourth-order valence-electron chi connectivity index (χ4n) is 1.60. The first kappa shape index (κ1) is 16.1. The summed E-state index contributed by atoms with van der Waals surface area (Å²) < 4.78 is 57.6. The predicted octanol–water partition coefficient (Wildman–Crippen LogP) is 3.85. The van der Waals surface area contributed by atoms with Crippen molar-refractivity contribution >= 4 is 11.4 Å². The topological polar surface area (TPSA) is 95.5 Å². The van der Waals surface area contributed by atoms with Crippen LogP contribution in [0.25, 0.3) is 0 Å². The standard InChI is InChI=1S/C12H4F4N2O5/c13-6-4-7(14)11(16)12(10(6)15)23-9-2-1-5(17(19)20)3-8(9)18(21)22/h1-4H. The van der Waals surface area contributed by atoms with Crippen molar-refractivity contribution in [2.75, 3.05) is 0 Å². The molecule has 0 aliphatic heterocycles. The number of nitro benzene ring substituents is 2. The van der Waals surface area contributed by atoms with Gasteiger partial charge in [0, 0.05) is 12.1 Å². The van der Waals surface area contributed by atoms with Gasteiger partial charge < -0.3 is 4.74 Å². The first-order valence-electron chi connectivity index (χ1n) is 5.66.